The highest BCUT2D eigenvalue weighted by Gasteiger charge is 2.19. The Morgan fingerprint density at radius 1 is 1.08 bits per heavy atom. The van der Waals surface area contributed by atoms with Crippen LogP contribution in [0.1, 0.15) is 10.4 Å². The van der Waals surface area contributed by atoms with E-state index in [2.05, 4.69) is 14.7 Å². The Hall–Kier alpha value is -3.81. The molecule has 0 fully saturated rings. The fourth-order valence-electron chi connectivity index (χ4n) is 2.22. The molecule has 3 rings (SSSR count). The van der Waals surface area contributed by atoms with Crippen LogP contribution in [0.3, 0.4) is 0 Å². The van der Waals surface area contributed by atoms with Gasteiger partial charge < -0.3 is 9.47 Å². The zero-order valence-electron chi connectivity index (χ0n) is 13.7. The minimum absolute atomic E-state index is 0.0613. The van der Waals surface area contributed by atoms with E-state index in [4.69, 9.17) is 4.74 Å². The van der Waals surface area contributed by atoms with Crippen molar-refractivity contribution in [1.82, 2.24) is 9.97 Å². The second kappa shape index (κ2) is 7.39. The summed E-state index contributed by atoms with van der Waals surface area (Å²) in [6.45, 7) is 0. The number of nitro benzene ring substituents is 1. The molecule has 2 aromatic carbocycles. The number of rotatable bonds is 5. The number of aromatic nitrogens is 2. The summed E-state index contributed by atoms with van der Waals surface area (Å²) in [6, 6.07) is 13.1. The highest BCUT2D eigenvalue weighted by atomic mass is 16.6. The Morgan fingerprint density at radius 2 is 1.77 bits per heavy atom. The third kappa shape index (κ3) is 3.64. The van der Waals surface area contributed by atoms with Crippen LogP contribution in [-0.4, -0.2) is 28.0 Å². The van der Waals surface area contributed by atoms with Gasteiger partial charge in [-0.1, -0.05) is 30.3 Å². The summed E-state index contributed by atoms with van der Waals surface area (Å²) in [5.74, 6) is 0.169. The van der Waals surface area contributed by atoms with Crippen LogP contribution < -0.4 is 4.74 Å². The Bertz CT molecular complexity index is 943. The summed E-state index contributed by atoms with van der Waals surface area (Å²) in [5, 5.41) is 10.9. The van der Waals surface area contributed by atoms with E-state index in [1.54, 1.807) is 0 Å². The van der Waals surface area contributed by atoms with Gasteiger partial charge in [-0.2, -0.15) is 0 Å². The lowest BCUT2D eigenvalue weighted by Crippen LogP contribution is -2.05. The predicted octanol–water partition coefficient (Wildman–Crippen LogP) is 3.63. The van der Waals surface area contributed by atoms with Crippen molar-refractivity contribution in [1.29, 1.82) is 0 Å². The van der Waals surface area contributed by atoms with Crippen LogP contribution in [0, 0.1) is 10.1 Å². The molecule has 0 atom stereocenters. The number of non-ortho nitro benzene ring substituents is 1. The number of nitrogens with zero attached hydrogens (tertiary/aromatic N) is 3. The lowest BCUT2D eigenvalue weighted by molar-refractivity contribution is -0.384. The topological polar surface area (TPSA) is 104 Å². The molecule has 0 radical (unpaired) electrons. The zero-order chi connectivity index (χ0) is 18.5. The van der Waals surface area contributed by atoms with Crippen molar-refractivity contribution in [2.45, 2.75) is 0 Å². The van der Waals surface area contributed by atoms with E-state index in [0.29, 0.717) is 5.82 Å². The molecule has 0 aliphatic rings. The number of methoxy groups -OCH3 is 1. The van der Waals surface area contributed by atoms with Crippen molar-refractivity contribution < 1.29 is 19.2 Å². The average molecular weight is 351 g/mol. The first-order chi connectivity index (χ1) is 12.6. The molecule has 0 unspecified atom stereocenters. The monoisotopic (exact) mass is 351 g/mol. The minimum atomic E-state index is -0.745. The van der Waals surface area contributed by atoms with Crippen LogP contribution in [0.5, 0.6) is 11.5 Å². The van der Waals surface area contributed by atoms with Crippen LogP contribution >= 0.6 is 0 Å². The second-order valence-corrected chi connectivity index (χ2v) is 5.14. The number of hydrogen-bond donors (Lipinski definition) is 0. The van der Waals surface area contributed by atoms with Gasteiger partial charge in [-0.3, -0.25) is 10.1 Å². The van der Waals surface area contributed by atoms with Crippen LogP contribution in [0.2, 0.25) is 0 Å². The van der Waals surface area contributed by atoms with Gasteiger partial charge in [0.1, 0.15) is 11.3 Å². The molecule has 0 saturated carbocycles. The lowest BCUT2D eigenvalue weighted by atomic mass is 10.2. The summed E-state index contributed by atoms with van der Waals surface area (Å²) in [7, 11) is 1.18. The maximum atomic E-state index is 11.9. The molecule has 0 aliphatic heterocycles. The smallest absolute Gasteiger partial charge is 0.341 e. The van der Waals surface area contributed by atoms with Crippen LogP contribution in [-0.2, 0) is 4.74 Å². The molecule has 0 N–H and O–H groups in total. The Balaban J connectivity index is 1.88. The first-order valence-electron chi connectivity index (χ1n) is 7.50. The van der Waals surface area contributed by atoms with Crippen molar-refractivity contribution in [2.24, 2.45) is 0 Å². The van der Waals surface area contributed by atoms with Gasteiger partial charge in [-0.05, 0) is 6.07 Å². The van der Waals surface area contributed by atoms with Gasteiger partial charge in [0, 0.05) is 17.7 Å². The first kappa shape index (κ1) is 17.0. The van der Waals surface area contributed by atoms with Crippen molar-refractivity contribution in [3.63, 3.8) is 0 Å². The Labute approximate surface area is 148 Å². The van der Waals surface area contributed by atoms with E-state index in [1.165, 1.54) is 31.6 Å². The summed E-state index contributed by atoms with van der Waals surface area (Å²) < 4.78 is 10.3. The zero-order valence-corrected chi connectivity index (χ0v) is 13.7. The molecule has 26 heavy (non-hydrogen) atoms. The standard InChI is InChI=1S/C18H13N3O5/c1-25-18(22)15-9-13(21(23)24)7-8-16(15)26-14-10-19-17(20-11-14)12-5-3-2-4-6-12/h2-11H,1H3. The minimum Gasteiger partial charge on any atom is -0.465 e. The van der Waals surface area contributed by atoms with Crippen LogP contribution in [0.25, 0.3) is 11.4 Å². The van der Waals surface area contributed by atoms with Crippen LogP contribution in [0.4, 0.5) is 5.69 Å². The number of carbonyl (C=O) groups is 1. The molecule has 0 bridgehead atoms. The van der Waals surface area contributed by atoms with Gasteiger partial charge in [-0.25, -0.2) is 14.8 Å². The Kier molecular flexibility index (Phi) is 4.84. The highest BCUT2D eigenvalue weighted by Crippen LogP contribution is 2.29. The lowest BCUT2D eigenvalue weighted by Gasteiger charge is -2.09. The van der Waals surface area contributed by atoms with Crippen molar-refractivity contribution in [3.05, 3.63) is 76.6 Å². The molecule has 1 aromatic heterocycles. The Morgan fingerprint density at radius 3 is 2.38 bits per heavy atom. The molecular weight excluding hydrogens is 338 g/mol. The molecule has 1 heterocycles. The summed E-state index contributed by atoms with van der Waals surface area (Å²) in [4.78, 5) is 30.6. The molecule has 8 heteroatoms. The molecule has 0 amide bonds. The molecule has 130 valence electrons. The van der Waals surface area contributed by atoms with E-state index in [9.17, 15) is 14.9 Å². The number of carbonyl (C=O) groups excluding carboxylic acids is 1. The van der Waals surface area contributed by atoms with Gasteiger partial charge in [0.2, 0.25) is 0 Å². The fourth-order valence-corrected chi connectivity index (χ4v) is 2.22. The van der Waals surface area contributed by atoms with Gasteiger partial charge in [0.25, 0.3) is 5.69 Å². The molecule has 0 aliphatic carbocycles. The quantitative estimate of drug-likeness (QED) is 0.392. The SMILES string of the molecule is COC(=O)c1cc([N+](=O)[O-])ccc1Oc1cnc(-c2ccccc2)nc1. The predicted molar refractivity (Wildman–Crippen MR) is 92.0 cm³/mol. The summed E-state index contributed by atoms with van der Waals surface area (Å²) in [5.41, 5.74) is 0.548. The summed E-state index contributed by atoms with van der Waals surface area (Å²) in [6.07, 6.45) is 2.91. The van der Waals surface area contributed by atoms with Gasteiger partial charge in [-0.15, -0.1) is 0 Å². The number of hydrogen-bond acceptors (Lipinski definition) is 7. The largest absolute Gasteiger partial charge is 0.465 e. The summed E-state index contributed by atoms with van der Waals surface area (Å²) >= 11 is 0. The van der Waals surface area contributed by atoms with E-state index >= 15 is 0 Å². The molecule has 8 nitrogen and oxygen atoms in total. The third-order valence-corrected chi connectivity index (χ3v) is 3.47. The molecule has 3 aromatic rings. The van der Waals surface area contributed by atoms with Crippen molar-refractivity contribution in [3.8, 4) is 22.9 Å². The number of nitro groups is 1. The average Bonchev–Trinajstić information content (AvgIpc) is 2.68. The maximum absolute atomic E-state index is 11.9. The van der Waals surface area contributed by atoms with Gasteiger partial charge in [0.05, 0.1) is 24.4 Å². The number of ether oxygens (including phenoxy) is 2. The molecule has 0 saturated heterocycles. The fraction of sp³-hybridized carbons (Fsp3) is 0.0556. The first-order valence-corrected chi connectivity index (χ1v) is 7.50. The van der Waals surface area contributed by atoms with Crippen molar-refractivity contribution in [2.75, 3.05) is 7.11 Å². The third-order valence-electron chi connectivity index (χ3n) is 3.47. The number of benzene rings is 2. The van der Waals surface area contributed by atoms with E-state index in [-0.39, 0.29) is 22.7 Å². The van der Waals surface area contributed by atoms with Gasteiger partial charge >= 0.3 is 5.97 Å². The normalized spacial score (nSPS) is 10.2. The van der Waals surface area contributed by atoms with E-state index < -0.39 is 10.9 Å². The van der Waals surface area contributed by atoms with Gasteiger partial charge in [0.15, 0.2) is 11.6 Å². The van der Waals surface area contributed by atoms with E-state index in [0.717, 1.165) is 11.6 Å². The van der Waals surface area contributed by atoms with E-state index in [1.807, 2.05) is 30.3 Å². The maximum Gasteiger partial charge on any atom is 0.341 e. The number of esters is 1. The highest BCUT2D eigenvalue weighted by molar-refractivity contribution is 5.93. The second-order valence-electron chi connectivity index (χ2n) is 5.14. The van der Waals surface area contributed by atoms with Crippen LogP contribution in [0.15, 0.2) is 60.9 Å². The molecular formula is C18H13N3O5. The molecule has 0 spiro atoms. The van der Waals surface area contributed by atoms with Crippen molar-refractivity contribution >= 4 is 11.7 Å².